The lowest BCUT2D eigenvalue weighted by Crippen LogP contribution is -1.93. The average Bonchev–Trinajstić information content (AvgIpc) is 2.34. The van der Waals surface area contributed by atoms with Crippen molar-refractivity contribution in [1.29, 1.82) is 0 Å². The van der Waals surface area contributed by atoms with Crippen LogP contribution < -0.4 is 0 Å². The van der Waals surface area contributed by atoms with Crippen molar-refractivity contribution < 1.29 is 9.53 Å². The summed E-state index contributed by atoms with van der Waals surface area (Å²) in [5.41, 5.74) is 1.98. The van der Waals surface area contributed by atoms with E-state index in [0.29, 0.717) is 6.61 Å². The molecule has 0 heterocycles. The van der Waals surface area contributed by atoms with E-state index in [9.17, 15) is 4.79 Å². The van der Waals surface area contributed by atoms with Crippen LogP contribution in [0.25, 0.3) is 0 Å². The molecule has 1 aromatic rings. The molecule has 2 heteroatoms. The fourth-order valence-electron chi connectivity index (χ4n) is 1.46. The summed E-state index contributed by atoms with van der Waals surface area (Å²) in [6, 6.07) is 7.74. The maximum atomic E-state index is 11.1. The summed E-state index contributed by atoms with van der Waals surface area (Å²) in [6.07, 6.45) is 6.07. The van der Waals surface area contributed by atoms with Gasteiger partial charge in [-0.2, -0.15) is 0 Å². The zero-order valence-corrected chi connectivity index (χ0v) is 10.6. The van der Waals surface area contributed by atoms with E-state index in [2.05, 4.69) is 13.0 Å². The van der Waals surface area contributed by atoms with E-state index in [4.69, 9.17) is 4.74 Å². The molecule has 1 rings (SSSR count). The predicted octanol–water partition coefficient (Wildman–Crippen LogP) is 3.41. The molecule has 0 bridgehead atoms. The Bertz CT molecular complexity index is 363. The summed E-state index contributed by atoms with van der Waals surface area (Å²) in [7, 11) is 0. The quantitative estimate of drug-likeness (QED) is 0.409. The molecule has 0 amide bonds. The van der Waals surface area contributed by atoms with Gasteiger partial charge in [0.25, 0.3) is 0 Å². The van der Waals surface area contributed by atoms with E-state index in [1.165, 1.54) is 5.56 Å². The predicted molar refractivity (Wildman–Crippen MR) is 70.4 cm³/mol. The van der Waals surface area contributed by atoms with E-state index < -0.39 is 0 Å². The normalized spacial score (nSPS) is 10.9. The van der Waals surface area contributed by atoms with Gasteiger partial charge in [-0.1, -0.05) is 43.3 Å². The standard InChI is InChI=1S/C15H20O2/c1-3-11-17-12-5-4-6-14-7-9-15(10-8-14)13(2)16/h4-5,7-10H,3,6,11-12H2,1-2H3/b5-4+. The number of allylic oxidation sites excluding steroid dienone is 1. The van der Waals surface area contributed by atoms with Gasteiger partial charge in [0.2, 0.25) is 0 Å². The first-order chi connectivity index (χ1) is 8.24. The molecule has 92 valence electrons. The Morgan fingerprint density at radius 1 is 1.24 bits per heavy atom. The van der Waals surface area contributed by atoms with E-state index in [1.807, 2.05) is 30.3 Å². The van der Waals surface area contributed by atoms with Crippen LogP contribution in [0.15, 0.2) is 36.4 Å². The molecular formula is C15H20O2. The topological polar surface area (TPSA) is 26.3 Å². The minimum absolute atomic E-state index is 0.111. The second-order valence-electron chi connectivity index (χ2n) is 4.00. The highest BCUT2D eigenvalue weighted by molar-refractivity contribution is 5.93. The molecular weight excluding hydrogens is 212 g/mol. The second-order valence-corrected chi connectivity index (χ2v) is 4.00. The molecule has 0 saturated heterocycles. The van der Waals surface area contributed by atoms with Crippen molar-refractivity contribution in [2.75, 3.05) is 13.2 Å². The van der Waals surface area contributed by atoms with Crippen molar-refractivity contribution in [3.05, 3.63) is 47.5 Å². The van der Waals surface area contributed by atoms with Crippen molar-refractivity contribution >= 4 is 5.78 Å². The van der Waals surface area contributed by atoms with Crippen LogP contribution in [0.5, 0.6) is 0 Å². The molecule has 0 aromatic heterocycles. The minimum Gasteiger partial charge on any atom is -0.377 e. The SMILES string of the molecule is CCCOC/C=C/Cc1ccc(C(C)=O)cc1. The fourth-order valence-corrected chi connectivity index (χ4v) is 1.46. The van der Waals surface area contributed by atoms with Crippen LogP contribution in [0, 0.1) is 0 Å². The first kappa shape index (κ1) is 13.7. The number of benzene rings is 1. The van der Waals surface area contributed by atoms with Crippen molar-refractivity contribution in [2.24, 2.45) is 0 Å². The average molecular weight is 232 g/mol. The zero-order valence-electron chi connectivity index (χ0n) is 10.6. The molecule has 0 N–H and O–H groups in total. The molecule has 0 atom stereocenters. The summed E-state index contributed by atoms with van der Waals surface area (Å²) in [4.78, 5) is 11.1. The largest absolute Gasteiger partial charge is 0.377 e. The second kappa shape index (κ2) is 7.80. The molecule has 0 fully saturated rings. The molecule has 17 heavy (non-hydrogen) atoms. The van der Waals surface area contributed by atoms with Crippen molar-refractivity contribution in [3.63, 3.8) is 0 Å². The Morgan fingerprint density at radius 3 is 2.53 bits per heavy atom. The number of rotatable bonds is 7. The van der Waals surface area contributed by atoms with Gasteiger partial charge in [0.15, 0.2) is 5.78 Å². The first-order valence-corrected chi connectivity index (χ1v) is 6.06. The van der Waals surface area contributed by atoms with Crippen LogP contribution in [-0.2, 0) is 11.2 Å². The van der Waals surface area contributed by atoms with Gasteiger partial charge in [-0.3, -0.25) is 4.79 Å². The molecule has 0 unspecified atom stereocenters. The highest BCUT2D eigenvalue weighted by atomic mass is 16.5. The van der Waals surface area contributed by atoms with E-state index in [-0.39, 0.29) is 5.78 Å². The van der Waals surface area contributed by atoms with Crippen LogP contribution in [0.2, 0.25) is 0 Å². The van der Waals surface area contributed by atoms with Gasteiger partial charge in [0.1, 0.15) is 0 Å². The monoisotopic (exact) mass is 232 g/mol. The maximum Gasteiger partial charge on any atom is 0.159 e. The Balaban J connectivity index is 2.34. The third-order valence-corrected chi connectivity index (χ3v) is 2.44. The van der Waals surface area contributed by atoms with Crippen molar-refractivity contribution in [3.8, 4) is 0 Å². The summed E-state index contributed by atoms with van der Waals surface area (Å²) in [5, 5.41) is 0. The Kier molecular flexibility index (Phi) is 6.26. The third kappa shape index (κ3) is 5.45. The van der Waals surface area contributed by atoms with Crippen LogP contribution in [-0.4, -0.2) is 19.0 Å². The molecule has 1 aromatic carbocycles. The lowest BCUT2D eigenvalue weighted by molar-refractivity contribution is 0.101. The van der Waals surface area contributed by atoms with Crippen LogP contribution >= 0.6 is 0 Å². The third-order valence-electron chi connectivity index (χ3n) is 2.44. The van der Waals surface area contributed by atoms with Gasteiger partial charge >= 0.3 is 0 Å². The van der Waals surface area contributed by atoms with Crippen molar-refractivity contribution in [2.45, 2.75) is 26.7 Å². The molecule has 0 saturated carbocycles. The molecule has 0 aliphatic rings. The Labute approximate surface area is 103 Å². The van der Waals surface area contributed by atoms with Crippen molar-refractivity contribution in [1.82, 2.24) is 0 Å². The number of carbonyl (C=O) groups excluding carboxylic acids is 1. The van der Waals surface area contributed by atoms with E-state index in [1.54, 1.807) is 6.92 Å². The first-order valence-electron chi connectivity index (χ1n) is 6.06. The van der Waals surface area contributed by atoms with E-state index >= 15 is 0 Å². The zero-order chi connectivity index (χ0) is 12.5. The van der Waals surface area contributed by atoms with Crippen LogP contribution in [0.4, 0.5) is 0 Å². The molecule has 0 spiro atoms. The highest BCUT2D eigenvalue weighted by Gasteiger charge is 1.97. The number of Topliss-reactive ketones (excluding diaryl/α,β-unsaturated/α-hetero) is 1. The van der Waals surface area contributed by atoms with Crippen LogP contribution in [0.3, 0.4) is 0 Å². The van der Waals surface area contributed by atoms with Gasteiger partial charge < -0.3 is 4.74 Å². The Hall–Kier alpha value is -1.41. The van der Waals surface area contributed by atoms with Crippen LogP contribution in [0.1, 0.15) is 36.2 Å². The number of hydrogen-bond donors (Lipinski definition) is 0. The number of carbonyl (C=O) groups is 1. The summed E-state index contributed by atoms with van der Waals surface area (Å²) >= 11 is 0. The van der Waals surface area contributed by atoms with Gasteiger partial charge in [0, 0.05) is 12.2 Å². The molecule has 0 radical (unpaired) electrons. The summed E-state index contributed by atoms with van der Waals surface area (Å²) < 4.78 is 5.34. The van der Waals surface area contributed by atoms with Gasteiger partial charge in [-0.15, -0.1) is 0 Å². The number of ketones is 1. The van der Waals surface area contributed by atoms with Gasteiger partial charge in [-0.05, 0) is 25.3 Å². The highest BCUT2D eigenvalue weighted by Crippen LogP contribution is 2.06. The molecule has 2 nitrogen and oxygen atoms in total. The lowest BCUT2D eigenvalue weighted by Gasteiger charge is -1.99. The molecule has 0 aliphatic heterocycles. The van der Waals surface area contributed by atoms with Gasteiger partial charge in [0.05, 0.1) is 6.61 Å². The maximum absolute atomic E-state index is 11.1. The van der Waals surface area contributed by atoms with Gasteiger partial charge in [-0.25, -0.2) is 0 Å². The summed E-state index contributed by atoms with van der Waals surface area (Å²) in [6.45, 7) is 5.18. The molecule has 0 aliphatic carbocycles. The van der Waals surface area contributed by atoms with E-state index in [0.717, 1.165) is 25.0 Å². The minimum atomic E-state index is 0.111. The smallest absolute Gasteiger partial charge is 0.159 e. The Morgan fingerprint density at radius 2 is 1.94 bits per heavy atom. The fraction of sp³-hybridized carbons (Fsp3) is 0.400. The lowest BCUT2D eigenvalue weighted by atomic mass is 10.1. The number of ether oxygens (including phenoxy) is 1. The summed E-state index contributed by atoms with van der Waals surface area (Å²) in [5.74, 6) is 0.111. The number of hydrogen-bond acceptors (Lipinski definition) is 2.